The molecule has 1 aliphatic rings. The minimum atomic E-state index is -1.11. The zero-order chi connectivity index (χ0) is 22.9. The van der Waals surface area contributed by atoms with Crippen LogP contribution in [0.1, 0.15) is 21.9 Å². The van der Waals surface area contributed by atoms with Crippen molar-refractivity contribution < 1.29 is 19.1 Å². The molecule has 0 bridgehead atoms. The second kappa shape index (κ2) is 8.65. The fourth-order valence-electron chi connectivity index (χ4n) is 3.52. The number of carbonyl (C=O) groups is 2. The predicted molar refractivity (Wildman–Crippen MR) is 129 cm³/mol. The maximum atomic E-state index is 12.6. The van der Waals surface area contributed by atoms with E-state index in [1.807, 2.05) is 41.1 Å². The number of para-hydroxylation sites is 1. The van der Waals surface area contributed by atoms with Gasteiger partial charge < -0.3 is 19.4 Å². The summed E-state index contributed by atoms with van der Waals surface area (Å²) < 4.78 is 7.37. The molecule has 1 saturated heterocycles. The zero-order valence-corrected chi connectivity index (χ0v) is 18.6. The SMILES string of the molecule is O=C1NC(=Nc2ccc(Cl)cc2)S/C1=C\c1cn(Cc2ccc(C(=O)O)o2)c2ccccc12. The van der Waals surface area contributed by atoms with Gasteiger partial charge in [0.05, 0.1) is 17.1 Å². The molecular formula is C24H16ClN3O4S. The molecule has 0 radical (unpaired) electrons. The van der Waals surface area contributed by atoms with E-state index in [2.05, 4.69) is 10.3 Å². The number of amidine groups is 1. The van der Waals surface area contributed by atoms with Crippen LogP contribution in [0.5, 0.6) is 0 Å². The molecule has 0 spiro atoms. The fraction of sp³-hybridized carbons (Fsp3) is 0.0417. The number of carboxylic acid groups (broad SMARTS) is 1. The molecule has 2 N–H and O–H groups in total. The largest absolute Gasteiger partial charge is 0.475 e. The number of aliphatic imine (C=N–C) groups is 1. The lowest BCUT2D eigenvalue weighted by Crippen LogP contribution is -2.19. The highest BCUT2D eigenvalue weighted by atomic mass is 35.5. The molecule has 0 atom stereocenters. The minimum absolute atomic E-state index is 0.102. The number of fused-ring (bicyclic) bond motifs is 1. The maximum absolute atomic E-state index is 12.6. The lowest BCUT2D eigenvalue weighted by molar-refractivity contribution is -0.115. The zero-order valence-electron chi connectivity index (χ0n) is 17.0. The van der Waals surface area contributed by atoms with Crippen molar-refractivity contribution in [3.8, 4) is 0 Å². The quantitative estimate of drug-likeness (QED) is 0.368. The first kappa shape index (κ1) is 21.1. The van der Waals surface area contributed by atoms with Gasteiger partial charge in [-0.25, -0.2) is 9.79 Å². The molecule has 7 nitrogen and oxygen atoms in total. The van der Waals surface area contributed by atoms with Gasteiger partial charge in [0.15, 0.2) is 5.17 Å². The number of thioether (sulfide) groups is 1. The van der Waals surface area contributed by atoms with Crippen LogP contribution in [0.15, 0.2) is 81.2 Å². The third-order valence-corrected chi connectivity index (χ3v) is 6.17. The summed E-state index contributed by atoms with van der Waals surface area (Å²) >= 11 is 7.18. The molecule has 33 heavy (non-hydrogen) atoms. The first-order valence-corrected chi connectivity index (χ1v) is 11.1. The van der Waals surface area contributed by atoms with Gasteiger partial charge in [-0.05, 0) is 60.3 Å². The lowest BCUT2D eigenvalue weighted by atomic mass is 10.1. The lowest BCUT2D eigenvalue weighted by Gasteiger charge is -2.02. The standard InChI is InChI=1S/C24H16ClN3O4S/c25-15-5-7-16(8-6-15)26-24-27-22(29)21(33-24)11-14-12-28(19-4-2-1-3-18(14)19)13-17-9-10-20(32-17)23(30)31/h1-12H,13H2,(H,30,31)(H,26,27,29)/b21-11-. The molecule has 2 aromatic heterocycles. The highest BCUT2D eigenvalue weighted by Gasteiger charge is 2.24. The normalized spacial score (nSPS) is 16.1. The van der Waals surface area contributed by atoms with Crippen LogP contribution in [0.3, 0.4) is 0 Å². The number of aromatic carboxylic acids is 1. The molecule has 1 fully saturated rings. The average Bonchev–Trinajstić information content (AvgIpc) is 3.49. The number of hydrogen-bond acceptors (Lipinski definition) is 5. The van der Waals surface area contributed by atoms with Gasteiger partial charge in [0, 0.05) is 27.7 Å². The van der Waals surface area contributed by atoms with E-state index >= 15 is 0 Å². The highest BCUT2D eigenvalue weighted by molar-refractivity contribution is 8.18. The highest BCUT2D eigenvalue weighted by Crippen LogP contribution is 2.31. The van der Waals surface area contributed by atoms with Gasteiger partial charge in [-0.3, -0.25) is 4.79 Å². The van der Waals surface area contributed by atoms with Gasteiger partial charge in [-0.2, -0.15) is 0 Å². The number of halogens is 1. The number of amides is 1. The number of rotatable bonds is 5. The number of nitrogens with zero attached hydrogens (tertiary/aromatic N) is 2. The summed E-state index contributed by atoms with van der Waals surface area (Å²) in [6, 6.07) is 17.9. The van der Waals surface area contributed by atoms with Crippen LogP contribution in [0.4, 0.5) is 5.69 Å². The van der Waals surface area contributed by atoms with E-state index in [1.54, 1.807) is 30.3 Å². The number of furan rings is 1. The van der Waals surface area contributed by atoms with Crippen LogP contribution in [-0.4, -0.2) is 26.7 Å². The van der Waals surface area contributed by atoms with Gasteiger partial charge in [0.1, 0.15) is 5.76 Å². The van der Waals surface area contributed by atoms with Crippen molar-refractivity contribution in [2.75, 3.05) is 0 Å². The van der Waals surface area contributed by atoms with Gasteiger partial charge in [0.25, 0.3) is 5.91 Å². The summed E-state index contributed by atoms with van der Waals surface area (Å²) in [4.78, 5) is 28.6. The van der Waals surface area contributed by atoms with Crippen molar-refractivity contribution in [3.63, 3.8) is 0 Å². The number of carboxylic acids is 1. The summed E-state index contributed by atoms with van der Waals surface area (Å²) in [5.41, 5.74) is 2.50. The molecular weight excluding hydrogens is 462 g/mol. The van der Waals surface area contributed by atoms with E-state index in [9.17, 15) is 9.59 Å². The Morgan fingerprint density at radius 3 is 2.70 bits per heavy atom. The molecule has 164 valence electrons. The van der Waals surface area contributed by atoms with Gasteiger partial charge in [-0.1, -0.05) is 29.8 Å². The first-order chi connectivity index (χ1) is 16.0. The summed E-state index contributed by atoms with van der Waals surface area (Å²) in [7, 11) is 0. The van der Waals surface area contributed by atoms with Gasteiger partial charge >= 0.3 is 5.97 Å². The van der Waals surface area contributed by atoms with Crippen molar-refractivity contribution >= 4 is 63.1 Å². The van der Waals surface area contributed by atoms with Gasteiger partial charge in [-0.15, -0.1) is 0 Å². The third-order valence-electron chi connectivity index (χ3n) is 5.01. The van der Waals surface area contributed by atoms with Crippen molar-refractivity contribution in [2.45, 2.75) is 6.54 Å². The second-order valence-corrected chi connectivity index (χ2v) is 8.73. The number of nitrogens with one attached hydrogen (secondary N) is 1. The number of carbonyl (C=O) groups excluding carboxylic acids is 1. The molecule has 5 rings (SSSR count). The molecule has 1 aliphatic heterocycles. The molecule has 4 aromatic rings. The van der Waals surface area contributed by atoms with Gasteiger partial charge in [0.2, 0.25) is 5.76 Å². The van der Waals surface area contributed by atoms with Crippen LogP contribution in [0.25, 0.3) is 17.0 Å². The van der Waals surface area contributed by atoms with E-state index < -0.39 is 5.97 Å². The van der Waals surface area contributed by atoms with Crippen LogP contribution in [0.2, 0.25) is 5.02 Å². The number of hydrogen-bond donors (Lipinski definition) is 2. The molecule has 2 aromatic carbocycles. The molecule has 0 aliphatic carbocycles. The van der Waals surface area contributed by atoms with Crippen molar-refractivity contribution in [1.29, 1.82) is 0 Å². The summed E-state index contributed by atoms with van der Waals surface area (Å²) in [6.07, 6.45) is 3.75. The molecule has 3 heterocycles. The van der Waals surface area contributed by atoms with Crippen LogP contribution < -0.4 is 5.32 Å². The van der Waals surface area contributed by atoms with Crippen molar-refractivity contribution in [3.05, 3.63) is 93.9 Å². The molecule has 0 unspecified atom stereocenters. The Hall–Kier alpha value is -3.75. The Labute approximate surface area is 197 Å². The van der Waals surface area contributed by atoms with E-state index in [0.717, 1.165) is 16.5 Å². The van der Waals surface area contributed by atoms with E-state index in [-0.39, 0.29) is 11.7 Å². The first-order valence-electron chi connectivity index (χ1n) is 9.91. The Balaban J connectivity index is 1.45. The topological polar surface area (TPSA) is 96.8 Å². The van der Waals surface area contributed by atoms with E-state index in [0.29, 0.717) is 33.1 Å². The Morgan fingerprint density at radius 1 is 1.15 bits per heavy atom. The average molecular weight is 478 g/mol. The molecule has 1 amide bonds. The van der Waals surface area contributed by atoms with Crippen molar-refractivity contribution in [2.24, 2.45) is 4.99 Å². The Morgan fingerprint density at radius 2 is 1.94 bits per heavy atom. The fourth-order valence-corrected chi connectivity index (χ4v) is 4.48. The van der Waals surface area contributed by atoms with E-state index in [1.165, 1.54) is 17.8 Å². The smallest absolute Gasteiger partial charge is 0.371 e. The third kappa shape index (κ3) is 4.44. The van der Waals surface area contributed by atoms with Crippen LogP contribution >= 0.6 is 23.4 Å². The summed E-state index contributed by atoms with van der Waals surface area (Å²) in [6.45, 7) is 0.361. The number of aromatic nitrogens is 1. The molecule has 0 saturated carbocycles. The van der Waals surface area contributed by atoms with Crippen molar-refractivity contribution in [1.82, 2.24) is 9.88 Å². The monoisotopic (exact) mass is 477 g/mol. The Bertz CT molecular complexity index is 1450. The minimum Gasteiger partial charge on any atom is -0.475 e. The van der Waals surface area contributed by atoms with Crippen LogP contribution in [-0.2, 0) is 11.3 Å². The Kier molecular flexibility index (Phi) is 5.53. The summed E-state index contributed by atoms with van der Waals surface area (Å²) in [5.74, 6) is -0.904. The number of benzene rings is 2. The second-order valence-electron chi connectivity index (χ2n) is 7.26. The predicted octanol–water partition coefficient (Wildman–Crippen LogP) is 5.53. The summed E-state index contributed by atoms with van der Waals surface area (Å²) in [5, 5.41) is 14.0. The van der Waals surface area contributed by atoms with Crippen LogP contribution in [0, 0.1) is 0 Å². The molecule has 9 heteroatoms. The van der Waals surface area contributed by atoms with E-state index in [4.69, 9.17) is 21.1 Å². The maximum Gasteiger partial charge on any atom is 0.371 e.